The molecule has 0 saturated carbocycles. The number of carbonyl (C=O) groups is 2. The molecule has 0 spiro atoms. The number of nitrogens with one attached hydrogen (secondary N) is 1. The molecule has 0 aliphatic carbocycles. The molecule has 0 unspecified atom stereocenters. The Hall–Kier alpha value is -2.49. The number of anilines is 1. The number of hydrogen-bond donors (Lipinski definition) is 1. The van der Waals surface area contributed by atoms with Gasteiger partial charge in [0.15, 0.2) is 0 Å². The fourth-order valence-electron chi connectivity index (χ4n) is 4.21. The number of unbranched alkanes of at least 4 members (excludes halogenated alkanes) is 1. The Bertz CT molecular complexity index is 1430. The van der Waals surface area contributed by atoms with Gasteiger partial charge >= 0.3 is 0 Å². The first-order valence-electron chi connectivity index (χ1n) is 12.9. The molecule has 1 N–H and O–H groups in total. The van der Waals surface area contributed by atoms with Crippen LogP contribution in [0.25, 0.3) is 0 Å². The summed E-state index contributed by atoms with van der Waals surface area (Å²) in [6.07, 6.45) is 2.77. The van der Waals surface area contributed by atoms with Gasteiger partial charge in [-0.2, -0.15) is 0 Å². The highest BCUT2D eigenvalue weighted by Crippen LogP contribution is 2.29. The van der Waals surface area contributed by atoms with Crippen molar-refractivity contribution in [3.8, 4) is 0 Å². The van der Waals surface area contributed by atoms with Crippen LogP contribution in [0.2, 0.25) is 20.1 Å². The van der Waals surface area contributed by atoms with Crippen molar-refractivity contribution in [3.63, 3.8) is 0 Å². The largest absolute Gasteiger partial charge is 0.354 e. The van der Waals surface area contributed by atoms with Crippen LogP contribution in [0.1, 0.15) is 30.9 Å². The molecule has 3 aromatic carbocycles. The molecule has 0 heterocycles. The SMILES string of the molecule is CCCCNC(=O)[C@@H](Cc1ccccc1)N(Cc1c(Cl)cccc1Cl)C(=O)CN(c1cc(Cl)cc(Cl)c1)S(C)(=O)=O. The molecule has 3 rings (SSSR count). The number of halogens is 4. The van der Waals surface area contributed by atoms with Crippen LogP contribution in [-0.4, -0.2) is 50.5 Å². The number of carbonyl (C=O) groups excluding carboxylic acids is 2. The summed E-state index contributed by atoms with van der Waals surface area (Å²) < 4.78 is 26.7. The van der Waals surface area contributed by atoms with Gasteiger partial charge in [0.1, 0.15) is 12.6 Å². The van der Waals surface area contributed by atoms with E-state index in [1.54, 1.807) is 18.2 Å². The van der Waals surface area contributed by atoms with Gasteiger partial charge in [0.2, 0.25) is 21.8 Å². The normalized spacial score (nSPS) is 12.0. The van der Waals surface area contributed by atoms with Crippen LogP contribution in [0, 0.1) is 0 Å². The van der Waals surface area contributed by atoms with E-state index in [4.69, 9.17) is 46.4 Å². The summed E-state index contributed by atoms with van der Waals surface area (Å²) in [6.45, 7) is 1.67. The van der Waals surface area contributed by atoms with Gasteiger partial charge in [-0.15, -0.1) is 0 Å². The van der Waals surface area contributed by atoms with E-state index in [1.807, 2.05) is 37.3 Å². The lowest BCUT2D eigenvalue weighted by atomic mass is 10.0. The van der Waals surface area contributed by atoms with E-state index in [2.05, 4.69) is 5.32 Å². The zero-order valence-corrected chi connectivity index (χ0v) is 26.5. The van der Waals surface area contributed by atoms with Gasteiger partial charge in [0.25, 0.3) is 0 Å². The molecule has 2 amide bonds. The van der Waals surface area contributed by atoms with Crippen LogP contribution in [-0.2, 0) is 32.6 Å². The molecular formula is C29H31Cl4N3O4S. The quantitative estimate of drug-likeness (QED) is 0.209. The summed E-state index contributed by atoms with van der Waals surface area (Å²) in [5.41, 5.74) is 1.36. The maximum atomic E-state index is 14.1. The number of sulfonamides is 1. The average molecular weight is 659 g/mol. The van der Waals surface area contributed by atoms with Gasteiger partial charge in [0, 0.05) is 45.2 Å². The lowest BCUT2D eigenvalue weighted by Crippen LogP contribution is -2.53. The van der Waals surface area contributed by atoms with Crippen LogP contribution < -0.4 is 9.62 Å². The minimum absolute atomic E-state index is 0.112. The van der Waals surface area contributed by atoms with Crippen LogP contribution in [0.4, 0.5) is 5.69 Å². The van der Waals surface area contributed by atoms with Gasteiger partial charge in [-0.1, -0.05) is 96.1 Å². The number of rotatable bonds is 13. The maximum Gasteiger partial charge on any atom is 0.244 e. The van der Waals surface area contributed by atoms with E-state index in [1.165, 1.54) is 23.1 Å². The summed E-state index contributed by atoms with van der Waals surface area (Å²) in [5, 5.41) is 3.93. The van der Waals surface area contributed by atoms with Crippen LogP contribution in [0.15, 0.2) is 66.7 Å². The standard InChI is InChI=1S/C29H31Cl4N3O4S/c1-3-4-13-34-29(38)27(14-20-9-6-5-7-10-20)35(18-24-25(32)11-8-12-26(24)33)28(37)19-36(41(2,39)40)23-16-21(30)15-22(31)17-23/h5-12,15-17,27H,3-4,13-14,18-19H2,1-2H3,(H,34,38)/t27-/m1/s1. The number of amides is 2. The number of nitrogens with zero attached hydrogens (tertiary/aromatic N) is 2. The van der Waals surface area contributed by atoms with Crippen molar-refractivity contribution in [2.45, 2.75) is 38.8 Å². The molecule has 0 radical (unpaired) electrons. The highest BCUT2D eigenvalue weighted by molar-refractivity contribution is 7.92. The highest BCUT2D eigenvalue weighted by atomic mass is 35.5. The second kappa shape index (κ2) is 15.1. The number of hydrogen-bond acceptors (Lipinski definition) is 4. The summed E-state index contributed by atoms with van der Waals surface area (Å²) in [5.74, 6) is -1.02. The average Bonchev–Trinajstić information content (AvgIpc) is 2.90. The molecular weight excluding hydrogens is 628 g/mol. The van der Waals surface area contributed by atoms with E-state index in [-0.39, 0.29) is 34.6 Å². The highest BCUT2D eigenvalue weighted by Gasteiger charge is 2.33. The molecule has 7 nitrogen and oxygen atoms in total. The van der Waals surface area contributed by atoms with Gasteiger partial charge in [-0.05, 0) is 42.3 Å². The maximum absolute atomic E-state index is 14.1. The Balaban J connectivity index is 2.10. The molecule has 0 aliphatic rings. The predicted molar refractivity (Wildman–Crippen MR) is 168 cm³/mol. The van der Waals surface area contributed by atoms with E-state index in [0.717, 1.165) is 29.0 Å². The Labute approximate surface area is 261 Å². The molecule has 12 heteroatoms. The van der Waals surface area contributed by atoms with E-state index >= 15 is 0 Å². The Morgan fingerprint density at radius 2 is 1.51 bits per heavy atom. The van der Waals surface area contributed by atoms with Gasteiger partial charge in [0.05, 0.1) is 11.9 Å². The van der Waals surface area contributed by atoms with Crippen molar-refractivity contribution >= 4 is 73.9 Å². The van der Waals surface area contributed by atoms with Gasteiger partial charge in [-0.25, -0.2) is 8.42 Å². The molecule has 0 saturated heterocycles. The molecule has 3 aromatic rings. The monoisotopic (exact) mass is 657 g/mol. The van der Waals surface area contributed by atoms with E-state index in [9.17, 15) is 18.0 Å². The molecule has 41 heavy (non-hydrogen) atoms. The van der Waals surface area contributed by atoms with Gasteiger partial charge < -0.3 is 10.2 Å². The first-order valence-corrected chi connectivity index (χ1v) is 16.2. The van der Waals surface area contributed by atoms with Crippen molar-refractivity contribution in [3.05, 3.63) is 97.9 Å². The van der Waals surface area contributed by atoms with Crippen LogP contribution >= 0.6 is 46.4 Å². The Morgan fingerprint density at radius 1 is 0.902 bits per heavy atom. The van der Waals surface area contributed by atoms with E-state index in [0.29, 0.717) is 22.2 Å². The van der Waals surface area contributed by atoms with E-state index < -0.39 is 28.5 Å². The molecule has 0 aliphatic heterocycles. The third-order valence-corrected chi connectivity index (χ3v) is 8.59. The zero-order chi connectivity index (χ0) is 30.2. The molecule has 0 bridgehead atoms. The fourth-order valence-corrected chi connectivity index (χ4v) is 6.08. The molecule has 1 atom stereocenters. The van der Waals surface area contributed by atoms with Crippen molar-refractivity contribution in [2.24, 2.45) is 0 Å². The summed E-state index contributed by atoms with van der Waals surface area (Å²) in [7, 11) is -3.98. The summed E-state index contributed by atoms with van der Waals surface area (Å²) >= 11 is 25.2. The molecule has 0 fully saturated rings. The molecule has 0 aromatic heterocycles. The fraction of sp³-hybridized carbons (Fsp3) is 0.310. The number of benzene rings is 3. The summed E-state index contributed by atoms with van der Waals surface area (Å²) in [4.78, 5) is 29.1. The minimum atomic E-state index is -3.98. The minimum Gasteiger partial charge on any atom is -0.354 e. The van der Waals surface area contributed by atoms with Crippen molar-refractivity contribution < 1.29 is 18.0 Å². The predicted octanol–water partition coefficient (Wildman–Crippen LogP) is 6.62. The summed E-state index contributed by atoms with van der Waals surface area (Å²) in [6, 6.07) is 17.4. The zero-order valence-electron chi connectivity index (χ0n) is 22.6. The third-order valence-electron chi connectivity index (χ3n) is 6.31. The van der Waals surface area contributed by atoms with Crippen molar-refractivity contribution in [1.82, 2.24) is 10.2 Å². The second-order valence-corrected chi connectivity index (χ2v) is 13.1. The lowest BCUT2D eigenvalue weighted by molar-refractivity contribution is -0.140. The van der Waals surface area contributed by atoms with Crippen LogP contribution in [0.3, 0.4) is 0 Å². The van der Waals surface area contributed by atoms with Crippen LogP contribution in [0.5, 0.6) is 0 Å². The first-order chi connectivity index (χ1) is 19.4. The third kappa shape index (κ3) is 9.51. The van der Waals surface area contributed by atoms with Crippen molar-refractivity contribution in [1.29, 1.82) is 0 Å². The van der Waals surface area contributed by atoms with Crippen molar-refractivity contribution in [2.75, 3.05) is 23.7 Å². The smallest absolute Gasteiger partial charge is 0.244 e. The molecule has 220 valence electrons. The Morgan fingerprint density at radius 3 is 2.07 bits per heavy atom. The van der Waals surface area contributed by atoms with Gasteiger partial charge in [-0.3, -0.25) is 13.9 Å². The first kappa shape index (κ1) is 33.0. The lowest BCUT2D eigenvalue weighted by Gasteiger charge is -2.34. The Kier molecular flexibility index (Phi) is 12.2. The topological polar surface area (TPSA) is 86.8 Å². The second-order valence-electron chi connectivity index (χ2n) is 9.47.